The first-order valence-corrected chi connectivity index (χ1v) is 7.78. The van der Waals surface area contributed by atoms with Gasteiger partial charge in [0.1, 0.15) is 5.82 Å². The molecular weight excluding hydrogens is 305 g/mol. The van der Waals surface area contributed by atoms with Crippen molar-refractivity contribution >= 4 is 34.2 Å². The van der Waals surface area contributed by atoms with Crippen LogP contribution < -0.4 is 0 Å². The predicted octanol–water partition coefficient (Wildman–Crippen LogP) is 4.11. The summed E-state index contributed by atoms with van der Waals surface area (Å²) in [6.07, 6.45) is 5.32. The fourth-order valence-electron chi connectivity index (χ4n) is 2.46. The van der Waals surface area contributed by atoms with Gasteiger partial charge in [-0.1, -0.05) is 11.6 Å². The molecule has 108 valence electrons. The van der Waals surface area contributed by atoms with Crippen molar-refractivity contribution in [2.24, 2.45) is 0 Å². The van der Waals surface area contributed by atoms with Crippen LogP contribution in [0.5, 0.6) is 0 Å². The van der Waals surface area contributed by atoms with Crippen molar-refractivity contribution in [1.82, 2.24) is 14.5 Å². The normalized spacial score (nSPS) is 11.1. The molecule has 0 bridgehead atoms. The molecule has 21 heavy (non-hydrogen) atoms. The van der Waals surface area contributed by atoms with E-state index in [4.69, 9.17) is 23.2 Å². The van der Waals surface area contributed by atoms with Gasteiger partial charge in [-0.15, -0.1) is 11.6 Å². The van der Waals surface area contributed by atoms with E-state index in [0.717, 1.165) is 41.3 Å². The molecule has 0 atom stereocenters. The van der Waals surface area contributed by atoms with Gasteiger partial charge in [0.05, 0.1) is 11.0 Å². The molecule has 3 nitrogen and oxygen atoms in total. The second kappa shape index (κ2) is 6.46. The lowest BCUT2D eigenvalue weighted by Crippen LogP contribution is -2.07. The molecular formula is C16H15Cl2N3. The summed E-state index contributed by atoms with van der Waals surface area (Å²) in [7, 11) is 0. The van der Waals surface area contributed by atoms with Gasteiger partial charge >= 0.3 is 0 Å². The fourth-order valence-corrected chi connectivity index (χ4v) is 2.80. The lowest BCUT2D eigenvalue weighted by molar-refractivity contribution is 0.674. The lowest BCUT2D eigenvalue weighted by atomic mass is 10.2. The average Bonchev–Trinajstić information content (AvgIpc) is 2.83. The number of hydrogen-bond donors (Lipinski definition) is 0. The van der Waals surface area contributed by atoms with Crippen molar-refractivity contribution < 1.29 is 0 Å². The highest BCUT2D eigenvalue weighted by Gasteiger charge is 2.10. The molecule has 5 heteroatoms. The Morgan fingerprint density at radius 1 is 1.05 bits per heavy atom. The molecule has 0 N–H and O–H groups in total. The third-order valence-electron chi connectivity index (χ3n) is 3.48. The lowest BCUT2D eigenvalue weighted by Gasteiger charge is -2.08. The zero-order valence-corrected chi connectivity index (χ0v) is 13.0. The molecule has 3 rings (SSSR count). The number of benzene rings is 1. The maximum absolute atomic E-state index is 6.12. The summed E-state index contributed by atoms with van der Waals surface area (Å²) in [5.41, 5.74) is 3.29. The molecule has 0 saturated carbocycles. The van der Waals surface area contributed by atoms with Crippen LogP contribution in [-0.2, 0) is 19.4 Å². The molecule has 0 saturated heterocycles. The van der Waals surface area contributed by atoms with Crippen LogP contribution >= 0.6 is 23.2 Å². The summed E-state index contributed by atoms with van der Waals surface area (Å²) in [6.45, 7) is 0.854. The van der Waals surface area contributed by atoms with E-state index in [1.165, 1.54) is 5.56 Å². The molecule has 0 aliphatic carbocycles. The number of pyridine rings is 1. The van der Waals surface area contributed by atoms with Crippen molar-refractivity contribution in [3.8, 4) is 0 Å². The Kier molecular flexibility index (Phi) is 4.42. The largest absolute Gasteiger partial charge is 0.328 e. The van der Waals surface area contributed by atoms with Crippen LogP contribution in [0.4, 0.5) is 0 Å². The molecule has 2 aromatic heterocycles. The Labute approximate surface area is 133 Å². The molecule has 0 aliphatic rings. The van der Waals surface area contributed by atoms with Crippen molar-refractivity contribution in [1.29, 1.82) is 0 Å². The standard InChI is InChI=1S/C16H15Cl2N3/c17-7-3-16-20-14-2-1-13(18)11-15(14)21(16)10-6-12-4-8-19-9-5-12/h1-2,4-5,8-9,11H,3,6-7,10H2. The third-order valence-corrected chi connectivity index (χ3v) is 3.90. The van der Waals surface area contributed by atoms with Crippen molar-refractivity contribution in [2.45, 2.75) is 19.4 Å². The van der Waals surface area contributed by atoms with Crippen LogP contribution in [0.25, 0.3) is 11.0 Å². The van der Waals surface area contributed by atoms with E-state index in [0.29, 0.717) is 5.88 Å². The summed E-state index contributed by atoms with van der Waals surface area (Å²) >= 11 is 12.0. The van der Waals surface area contributed by atoms with Crippen LogP contribution in [0.15, 0.2) is 42.7 Å². The highest BCUT2D eigenvalue weighted by molar-refractivity contribution is 6.31. The maximum Gasteiger partial charge on any atom is 0.111 e. The smallest absolute Gasteiger partial charge is 0.111 e. The number of imidazole rings is 1. The molecule has 0 spiro atoms. The third kappa shape index (κ3) is 3.20. The molecule has 0 unspecified atom stereocenters. The Hall–Kier alpha value is -1.58. The van der Waals surface area contributed by atoms with Gasteiger partial charge in [-0.25, -0.2) is 4.98 Å². The number of rotatable bonds is 5. The van der Waals surface area contributed by atoms with Gasteiger partial charge in [-0.2, -0.15) is 0 Å². The van der Waals surface area contributed by atoms with Crippen molar-refractivity contribution in [3.05, 3.63) is 59.1 Å². The Morgan fingerprint density at radius 2 is 1.86 bits per heavy atom. The number of aryl methyl sites for hydroxylation is 3. The number of aromatic nitrogens is 3. The van der Waals surface area contributed by atoms with Crippen LogP contribution in [-0.4, -0.2) is 20.4 Å². The first kappa shape index (κ1) is 14.4. The predicted molar refractivity (Wildman–Crippen MR) is 87.1 cm³/mol. The van der Waals surface area contributed by atoms with E-state index in [2.05, 4.69) is 14.5 Å². The van der Waals surface area contributed by atoms with Gasteiger partial charge in [0.15, 0.2) is 0 Å². The van der Waals surface area contributed by atoms with Gasteiger partial charge in [-0.3, -0.25) is 4.98 Å². The maximum atomic E-state index is 6.12. The minimum absolute atomic E-state index is 0.562. The minimum atomic E-state index is 0.562. The van der Waals surface area contributed by atoms with Crippen molar-refractivity contribution in [3.63, 3.8) is 0 Å². The molecule has 1 aromatic carbocycles. The highest BCUT2D eigenvalue weighted by Crippen LogP contribution is 2.22. The topological polar surface area (TPSA) is 30.7 Å². The fraction of sp³-hybridized carbons (Fsp3) is 0.250. The van der Waals surface area contributed by atoms with E-state index < -0.39 is 0 Å². The Morgan fingerprint density at radius 3 is 2.62 bits per heavy atom. The van der Waals surface area contributed by atoms with Crippen LogP contribution in [0.1, 0.15) is 11.4 Å². The Balaban J connectivity index is 1.94. The Bertz CT molecular complexity index is 738. The van der Waals surface area contributed by atoms with E-state index in [9.17, 15) is 0 Å². The first-order valence-electron chi connectivity index (χ1n) is 6.87. The molecule has 0 amide bonds. The van der Waals surface area contributed by atoms with Crippen molar-refractivity contribution in [2.75, 3.05) is 5.88 Å². The second-order valence-electron chi connectivity index (χ2n) is 4.86. The zero-order valence-electron chi connectivity index (χ0n) is 11.5. The molecule has 3 aromatic rings. The average molecular weight is 320 g/mol. The molecule has 0 radical (unpaired) electrons. The minimum Gasteiger partial charge on any atom is -0.328 e. The monoisotopic (exact) mass is 319 g/mol. The molecule has 0 fully saturated rings. The van der Waals surface area contributed by atoms with Crippen LogP contribution in [0.3, 0.4) is 0 Å². The van der Waals surface area contributed by atoms with Crippen LogP contribution in [0, 0.1) is 0 Å². The first-order chi connectivity index (χ1) is 10.3. The summed E-state index contributed by atoms with van der Waals surface area (Å²) < 4.78 is 2.21. The summed E-state index contributed by atoms with van der Waals surface area (Å²) in [5.74, 6) is 1.57. The van der Waals surface area contributed by atoms with Gasteiger partial charge in [0, 0.05) is 36.3 Å². The van der Waals surface area contributed by atoms with E-state index in [-0.39, 0.29) is 0 Å². The quantitative estimate of drug-likeness (QED) is 0.662. The number of halogens is 2. The van der Waals surface area contributed by atoms with E-state index in [1.807, 2.05) is 42.7 Å². The van der Waals surface area contributed by atoms with Crippen LogP contribution in [0.2, 0.25) is 5.02 Å². The summed E-state index contributed by atoms with van der Waals surface area (Å²) in [5, 5.41) is 0.727. The SMILES string of the molecule is ClCCc1nc2ccc(Cl)cc2n1CCc1ccncc1. The number of fused-ring (bicyclic) bond motifs is 1. The van der Waals surface area contributed by atoms with Gasteiger partial charge in [-0.05, 0) is 42.3 Å². The molecule has 0 aliphatic heterocycles. The number of alkyl halides is 1. The van der Waals surface area contributed by atoms with Gasteiger partial charge in [0.25, 0.3) is 0 Å². The summed E-state index contributed by atoms with van der Waals surface area (Å²) in [4.78, 5) is 8.71. The highest BCUT2D eigenvalue weighted by atomic mass is 35.5. The number of hydrogen-bond acceptors (Lipinski definition) is 2. The van der Waals surface area contributed by atoms with Gasteiger partial charge in [0.2, 0.25) is 0 Å². The van der Waals surface area contributed by atoms with E-state index >= 15 is 0 Å². The summed E-state index contributed by atoms with van der Waals surface area (Å²) in [6, 6.07) is 9.86. The molecule has 2 heterocycles. The van der Waals surface area contributed by atoms with Gasteiger partial charge < -0.3 is 4.57 Å². The number of nitrogens with zero attached hydrogens (tertiary/aromatic N) is 3. The van der Waals surface area contributed by atoms with E-state index in [1.54, 1.807) is 0 Å². The zero-order chi connectivity index (χ0) is 14.7. The second-order valence-corrected chi connectivity index (χ2v) is 5.67.